The summed E-state index contributed by atoms with van der Waals surface area (Å²) in [6.07, 6.45) is 40.6. The molecule has 1 atom stereocenters. The average Bonchev–Trinajstić information content (AvgIpc) is 3.00. The largest absolute Gasteiger partial charge is 0.394 e. The molecule has 0 aromatic heterocycles. The highest BCUT2D eigenvalue weighted by Gasteiger charge is 2.37. The van der Waals surface area contributed by atoms with E-state index in [9.17, 15) is 10.2 Å². The summed E-state index contributed by atoms with van der Waals surface area (Å²) in [4.78, 5) is 0. The summed E-state index contributed by atoms with van der Waals surface area (Å²) in [5, 5.41) is 21.1. The molecule has 0 radical (unpaired) electrons. The molecule has 0 amide bonds. The molecule has 0 saturated heterocycles. The van der Waals surface area contributed by atoms with Crippen molar-refractivity contribution in [3.8, 4) is 0 Å². The maximum Gasteiger partial charge on any atom is 0.106 e. The Morgan fingerprint density at radius 1 is 0.405 bits per heavy atom. The van der Waals surface area contributed by atoms with E-state index in [-0.39, 0.29) is 6.61 Å². The van der Waals surface area contributed by atoms with Gasteiger partial charge in [-0.15, -0.1) is 0 Å². The Kier molecular flexibility index (Phi) is 33.7. The molecular weight excluding hydrogens is 516 g/mol. The lowest BCUT2D eigenvalue weighted by Gasteiger charge is -2.38. The van der Waals surface area contributed by atoms with E-state index < -0.39 is 11.7 Å². The van der Waals surface area contributed by atoms with Gasteiger partial charge in [-0.3, -0.25) is 0 Å². The van der Waals surface area contributed by atoms with Crippen LogP contribution >= 0.6 is 0 Å². The smallest absolute Gasteiger partial charge is 0.106 e. The molecule has 3 nitrogen and oxygen atoms in total. The van der Waals surface area contributed by atoms with Crippen LogP contribution in [0.15, 0.2) is 0 Å². The van der Waals surface area contributed by atoms with Crippen molar-refractivity contribution in [2.75, 3.05) is 13.2 Å². The predicted molar refractivity (Wildman–Crippen MR) is 187 cm³/mol. The first-order valence-electron chi connectivity index (χ1n) is 19.6. The molecule has 0 aromatic rings. The lowest BCUT2D eigenvalue weighted by Crippen LogP contribution is -2.47. The summed E-state index contributed by atoms with van der Waals surface area (Å²) in [5.74, 6) is 0. The zero-order chi connectivity index (χ0) is 30.8. The Morgan fingerprint density at radius 2 is 0.667 bits per heavy atom. The van der Waals surface area contributed by atoms with Crippen LogP contribution in [0.1, 0.15) is 226 Å². The van der Waals surface area contributed by atoms with Crippen molar-refractivity contribution in [3.63, 3.8) is 0 Å². The minimum absolute atomic E-state index is 0.187. The van der Waals surface area contributed by atoms with Crippen LogP contribution in [0.5, 0.6) is 0 Å². The first-order chi connectivity index (χ1) is 20.7. The maximum atomic E-state index is 11.0. The van der Waals surface area contributed by atoms with Crippen LogP contribution in [0.25, 0.3) is 0 Å². The fourth-order valence-corrected chi connectivity index (χ4v) is 6.55. The van der Waals surface area contributed by atoms with E-state index in [2.05, 4.69) is 20.8 Å². The van der Waals surface area contributed by atoms with E-state index in [0.29, 0.717) is 0 Å². The van der Waals surface area contributed by atoms with Gasteiger partial charge in [-0.1, -0.05) is 207 Å². The van der Waals surface area contributed by atoms with Gasteiger partial charge in [0.05, 0.1) is 12.2 Å². The fraction of sp³-hybridized carbons (Fsp3) is 1.00. The summed E-state index contributed by atoms with van der Waals surface area (Å²) >= 11 is 0. The number of ether oxygens (including phenoxy) is 1. The topological polar surface area (TPSA) is 49.7 Å². The van der Waals surface area contributed by atoms with Crippen LogP contribution in [0.3, 0.4) is 0 Å². The fourth-order valence-electron chi connectivity index (χ4n) is 6.55. The molecule has 0 heterocycles. The van der Waals surface area contributed by atoms with Gasteiger partial charge in [0.25, 0.3) is 0 Å². The number of unbranched alkanes of at least 4 members (excludes halogenated alkanes) is 27. The molecular formula is C39H80O3. The molecule has 0 saturated carbocycles. The van der Waals surface area contributed by atoms with Crippen molar-refractivity contribution in [3.05, 3.63) is 0 Å². The van der Waals surface area contributed by atoms with Crippen LogP contribution in [-0.2, 0) is 4.74 Å². The van der Waals surface area contributed by atoms with E-state index in [4.69, 9.17) is 4.74 Å². The third kappa shape index (κ3) is 26.3. The average molecular weight is 597 g/mol. The molecule has 0 rings (SSSR count). The van der Waals surface area contributed by atoms with Crippen LogP contribution in [-0.4, -0.2) is 35.1 Å². The number of rotatable bonds is 36. The molecule has 0 fully saturated rings. The molecule has 0 bridgehead atoms. The van der Waals surface area contributed by atoms with Crippen LogP contribution in [0.4, 0.5) is 0 Å². The first-order valence-corrected chi connectivity index (χ1v) is 19.6. The van der Waals surface area contributed by atoms with Gasteiger partial charge < -0.3 is 14.9 Å². The summed E-state index contributed by atoms with van der Waals surface area (Å²) < 4.78 is 6.61. The van der Waals surface area contributed by atoms with Crippen molar-refractivity contribution in [1.29, 1.82) is 0 Å². The van der Waals surface area contributed by atoms with Crippen LogP contribution in [0.2, 0.25) is 0 Å². The Balaban J connectivity index is 4.52. The van der Waals surface area contributed by atoms with Gasteiger partial charge in [-0.05, 0) is 19.3 Å². The molecule has 0 aliphatic rings. The van der Waals surface area contributed by atoms with Crippen molar-refractivity contribution in [2.24, 2.45) is 0 Å². The van der Waals surface area contributed by atoms with Gasteiger partial charge in [-0.2, -0.15) is 0 Å². The molecule has 42 heavy (non-hydrogen) atoms. The third-order valence-electron chi connectivity index (χ3n) is 9.57. The lowest BCUT2D eigenvalue weighted by atomic mass is 9.84. The lowest BCUT2D eigenvalue weighted by molar-refractivity contribution is -0.148. The van der Waals surface area contributed by atoms with Gasteiger partial charge in [0.2, 0.25) is 0 Å². The minimum Gasteiger partial charge on any atom is -0.394 e. The molecule has 2 N–H and O–H groups in total. The second kappa shape index (κ2) is 33.8. The van der Waals surface area contributed by atoms with E-state index >= 15 is 0 Å². The molecule has 0 aliphatic carbocycles. The molecule has 254 valence electrons. The van der Waals surface area contributed by atoms with Gasteiger partial charge >= 0.3 is 0 Å². The number of aliphatic hydroxyl groups is 2. The Labute approximate surface area is 265 Å². The zero-order valence-electron chi connectivity index (χ0n) is 29.4. The van der Waals surface area contributed by atoms with E-state index in [1.165, 1.54) is 173 Å². The van der Waals surface area contributed by atoms with E-state index in [0.717, 1.165) is 38.7 Å². The molecule has 1 unspecified atom stereocenters. The van der Waals surface area contributed by atoms with Crippen molar-refractivity contribution in [2.45, 2.75) is 238 Å². The van der Waals surface area contributed by atoms with Gasteiger partial charge in [0.1, 0.15) is 6.10 Å². The SMILES string of the molecule is CCCCCCCCCCCCOC(CCCCCCCCCCCC)(CCCCCCCCCCCC)C(O)CO. The van der Waals surface area contributed by atoms with Gasteiger partial charge in [0.15, 0.2) is 0 Å². The Hall–Kier alpha value is -0.120. The van der Waals surface area contributed by atoms with E-state index in [1.807, 2.05) is 0 Å². The molecule has 0 aromatic carbocycles. The number of aliphatic hydroxyl groups excluding tert-OH is 2. The second-order valence-electron chi connectivity index (χ2n) is 13.7. The number of hydrogen-bond acceptors (Lipinski definition) is 3. The minimum atomic E-state index is -0.766. The number of hydrogen-bond donors (Lipinski definition) is 2. The normalized spacial score (nSPS) is 12.8. The molecule has 0 aliphatic heterocycles. The first kappa shape index (κ1) is 41.9. The Bertz CT molecular complexity index is 470. The van der Waals surface area contributed by atoms with Crippen LogP contribution < -0.4 is 0 Å². The molecule has 3 heteroatoms. The van der Waals surface area contributed by atoms with Crippen molar-refractivity contribution >= 4 is 0 Å². The summed E-state index contributed by atoms with van der Waals surface area (Å²) in [7, 11) is 0. The highest BCUT2D eigenvalue weighted by molar-refractivity contribution is 4.88. The molecule has 0 spiro atoms. The highest BCUT2D eigenvalue weighted by Crippen LogP contribution is 2.32. The standard InChI is InChI=1S/C39H80O3/c1-4-7-10-13-16-19-22-25-28-31-34-39(38(41)37-40,35-32-29-26-23-20-17-14-11-8-5-2)42-36-33-30-27-24-21-18-15-12-9-6-3/h38,40-41H,4-37H2,1-3H3. The second-order valence-corrected chi connectivity index (χ2v) is 13.7. The van der Waals surface area contributed by atoms with Crippen LogP contribution in [0, 0.1) is 0 Å². The summed E-state index contributed by atoms with van der Waals surface area (Å²) in [5.41, 5.74) is -0.561. The third-order valence-corrected chi connectivity index (χ3v) is 9.57. The maximum absolute atomic E-state index is 11.0. The Morgan fingerprint density at radius 3 is 0.952 bits per heavy atom. The summed E-state index contributed by atoms with van der Waals surface area (Å²) in [6.45, 7) is 7.39. The highest BCUT2D eigenvalue weighted by atomic mass is 16.5. The van der Waals surface area contributed by atoms with Gasteiger partial charge in [0, 0.05) is 6.61 Å². The quantitative estimate of drug-likeness (QED) is 0.0707. The van der Waals surface area contributed by atoms with Crippen molar-refractivity contribution in [1.82, 2.24) is 0 Å². The monoisotopic (exact) mass is 597 g/mol. The predicted octanol–water partition coefficient (Wildman–Crippen LogP) is 12.6. The zero-order valence-corrected chi connectivity index (χ0v) is 29.4. The summed E-state index contributed by atoms with van der Waals surface area (Å²) in [6, 6.07) is 0. The van der Waals surface area contributed by atoms with E-state index in [1.54, 1.807) is 0 Å². The van der Waals surface area contributed by atoms with Gasteiger partial charge in [-0.25, -0.2) is 0 Å². The van der Waals surface area contributed by atoms with Crippen molar-refractivity contribution < 1.29 is 14.9 Å².